The van der Waals surface area contributed by atoms with E-state index < -0.39 is 76.6 Å². The summed E-state index contributed by atoms with van der Waals surface area (Å²) in [5.74, 6) is -4.12. The number of ketones is 2. The van der Waals surface area contributed by atoms with Crippen molar-refractivity contribution in [1.29, 1.82) is 0 Å². The number of carbonyl (C=O) groups is 3. The van der Waals surface area contributed by atoms with Gasteiger partial charge in [0, 0.05) is 23.1 Å². The minimum atomic E-state index is -2.10. The van der Waals surface area contributed by atoms with Crippen molar-refractivity contribution in [1.82, 2.24) is 0 Å². The van der Waals surface area contributed by atoms with Crippen LogP contribution in [0.4, 0.5) is 0 Å². The average Bonchev–Trinajstić information content (AvgIpc) is 2.69. The average molecular weight is 444 g/mol. The van der Waals surface area contributed by atoms with Crippen LogP contribution in [0.25, 0.3) is 0 Å². The maximum absolute atomic E-state index is 13.4. The van der Waals surface area contributed by atoms with Gasteiger partial charge in [0.25, 0.3) is 0 Å². The van der Waals surface area contributed by atoms with Crippen LogP contribution in [0.3, 0.4) is 0 Å². The second-order valence-electron chi connectivity index (χ2n) is 8.51. The Bertz CT molecular complexity index is 1180. The van der Waals surface area contributed by atoms with Gasteiger partial charge in [-0.05, 0) is 19.9 Å². The lowest BCUT2D eigenvalue weighted by Crippen LogP contribution is -2.58. The largest absolute Gasteiger partial charge is 0.507 e. The SMILES string of the molecule is C[C@@H]1OC(CC(=O)O)=CC2=C1C(=O)c1c(O)c3c(c(O)c1C2=O)[C@H]1C[C@@H](O)[C@]3(O)[C@@H](C)O1. The van der Waals surface area contributed by atoms with Gasteiger partial charge in [-0.3, -0.25) is 14.4 Å². The molecule has 2 bridgehead atoms. The molecule has 0 spiro atoms. The molecule has 1 aromatic carbocycles. The number of aliphatic carboxylic acids is 1. The predicted octanol–water partition coefficient (Wildman–Crippen LogP) is 0.963. The summed E-state index contributed by atoms with van der Waals surface area (Å²) in [6, 6.07) is 0. The van der Waals surface area contributed by atoms with Gasteiger partial charge in [-0.15, -0.1) is 0 Å². The van der Waals surface area contributed by atoms with Gasteiger partial charge in [0.2, 0.25) is 0 Å². The first-order valence-corrected chi connectivity index (χ1v) is 10.1. The number of phenolic OH excluding ortho intramolecular Hbond substituents is 2. The van der Waals surface area contributed by atoms with Crippen molar-refractivity contribution in [3.8, 4) is 11.5 Å². The van der Waals surface area contributed by atoms with Crippen LogP contribution in [0.2, 0.25) is 0 Å². The Labute approximate surface area is 181 Å². The van der Waals surface area contributed by atoms with Crippen LogP contribution in [-0.4, -0.2) is 61.4 Å². The van der Waals surface area contributed by atoms with Gasteiger partial charge in [-0.1, -0.05) is 0 Å². The number of fused-ring (bicyclic) bond motifs is 3. The molecule has 5 N–H and O–H groups in total. The molecular formula is C22H20O10. The standard InChI is InChI=1S/C22H20O10/c1-6-13-9(3-8(31-6)4-12(24)25)18(26)15-16(19(13)27)21(29)17-14(20(15)28)10-5-11(23)22(17,30)7(2)32-10/h3,6-7,10-11,23,28-30H,4-5H2,1-2H3,(H,24,25)/t6-,7+,10+,11+,22+/m0/s1. The number of carbonyl (C=O) groups excluding carboxylic acids is 2. The number of allylic oxidation sites excluding steroid dienone is 2. The van der Waals surface area contributed by atoms with E-state index in [-0.39, 0.29) is 34.5 Å². The summed E-state index contributed by atoms with van der Waals surface area (Å²) in [5.41, 5.74) is -3.53. The van der Waals surface area contributed by atoms with Crippen molar-refractivity contribution in [3.05, 3.63) is 45.2 Å². The van der Waals surface area contributed by atoms with Gasteiger partial charge in [0.05, 0.1) is 35.0 Å². The van der Waals surface area contributed by atoms with Crippen molar-refractivity contribution in [2.45, 2.75) is 56.7 Å². The van der Waals surface area contributed by atoms with Gasteiger partial charge in [0.15, 0.2) is 11.6 Å². The molecule has 0 aromatic heterocycles. The van der Waals surface area contributed by atoms with Crippen LogP contribution in [0.5, 0.6) is 11.5 Å². The number of hydrogen-bond acceptors (Lipinski definition) is 9. The van der Waals surface area contributed by atoms with Gasteiger partial charge < -0.3 is 35.0 Å². The number of aliphatic hydroxyl groups is 2. The summed E-state index contributed by atoms with van der Waals surface area (Å²) in [6.07, 6.45) is -3.60. The number of aromatic hydroxyl groups is 2. The Kier molecular flexibility index (Phi) is 4.14. The van der Waals surface area contributed by atoms with Gasteiger partial charge in [0.1, 0.15) is 35.4 Å². The fourth-order valence-electron chi connectivity index (χ4n) is 5.30. The Hall–Kier alpha value is -3.21. The van der Waals surface area contributed by atoms with E-state index in [0.29, 0.717) is 0 Å². The molecule has 3 heterocycles. The Morgan fingerprint density at radius 1 is 1.16 bits per heavy atom. The van der Waals surface area contributed by atoms with Crippen LogP contribution in [0, 0.1) is 0 Å². The van der Waals surface area contributed by atoms with E-state index in [1.54, 1.807) is 0 Å². The highest BCUT2D eigenvalue weighted by molar-refractivity contribution is 6.30. The van der Waals surface area contributed by atoms with E-state index in [0.717, 1.165) is 6.08 Å². The quantitative estimate of drug-likeness (QED) is 0.414. The number of phenols is 2. The second-order valence-corrected chi connectivity index (χ2v) is 8.51. The summed E-state index contributed by atoms with van der Waals surface area (Å²) in [5, 5.41) is 52.9. The summed E-state index contributed by atoms with van der Waals surface area (Å²) >= 11 is 0. The summed E-state index contributed by atoms with van der Waals surface area (Å²) < 4.78 is 11.2. The highest BCUT2D eigenvalue weighted by Gasteiger charge is 2.59. The van der Waals surface area contributed by atoms with Crippen LogP contribution in [0.15, 0.2) is 23.0 Å². The molecule has 5 atom stereocenters. The maximum atomic E-state index is 13.4. The highest BCUT2D eigenvalue weighted by atomic mass is 16.5. The molecule has 3 aliphatic heterocycles. The van der Waals surface area contributed by atoms with E-state index >= 15 is 0 Å². The Morgan fingerprint density at radius 3 is 2.44 bits per heavy atom. The lowest BCUT2D eigenvalue weighted by Gasteiger charge is -2.52. The van der Waals surface area contributed by atoms with Gasteiger partial charge >= 0.3 is 5.97 Å². The first kappa shape index (κ1) is 20.7. The first-order valence-electron chi connectivity index (χ1n) is 10.1. The van der Waals surface area contributed by atoms with E-state index in [1.165, 1.54) is 13.8 Å². The molecule has 6 rings (SSSR count). The lowest BCUT2D eigenvalue weighted by atomic mass is 9.66. The zero-order valence-electron chi connectivity index (χ0n) is 17.1. The second kappa shape index (κ2) is 6.41. The van der Waals surface area contributed by atoms with Crippen molar-refractivity contribution in [2.75, 3.05) is 0 Å². The maximum Gasteiger partial charge on any atom is 0.311 e. The number of ether oxygens (including phenoxy) is 2. The van der Waals surface area contributed by atoms with Crippen molar-refractivity contribution < 1.29 is 49.4 Å². The zero-order chi connectivity index (χ0) is 23.3. The minimum absolute atomic E-state index is 0.0244. The number of benzene rings is 1. The minimum Gasteiger partial charge on any atom is -0.507 e. The molecule has 10 nitrogen and oxygen atoms in total. The normalized spacial score (nSPS) is 32.7. The topological polar surface area (TPSA) is 171 Å². The number of Topliss-reactive ketones (excluding diaryl/α,β-unsaturated/α-hetero) is 2. The molecule has 0 amide bonds. The monoisotopic (exact) mass is 444 g/mol. The number of hydrogen-bond donors (Lipinski definition) is 5. The molecular weight excluding hydrogens is 424 g/mol. The summed E-state index contributed by atoms with van der Waals surface area (Å²) in [7, 11) is 0. The molecule has 1 fully saturated rings. The first-order chi connectivity index (χ1) is 15.0. The van der Waals surface area contributed by atoms with Crippen LogP contribution < -0.4 is 0 Å². The van der Waals surface area contributed by atoms with E-state index in [2.05, 4.69) is 0 Å². The van der Waals surface area contributed by atoms with Gasteiger partial charge in [-0.25, -0.2) is 0 Å². The molecule has 168 valence electrons. The Balaban J connectivity index is 1.78. The fraction of sp³-hybridized carbons (Fsp3) is 0.409. The molecule has 1 saturated heterocycles. The third kappa shape index (κ3) is 2.37. The van der Waals surface area contributed by atoms with Gasteiger partial charge in [-0.2, -0.15) is 0 Å². The molecule has 2 aliphatic carbocycles. The van der Waals surface area contributed by atoms with Crippen LogP contribution in [0.1, 0.15) is 64.6 Å². The summed E-state index contributed by atoms with van der Waals surface area (Å²) in [4.78, 5) is 37.8. The third-order valence-corrected chi connectivity index (χ3v) is 6.74. The van der Waals surface area contributed by atoms with E-state index in [1.807, 2.05) is 0 Å². The molecule has 32 heavy (non-hydrogen) atoms. The van der Waals surface area contributed by atoms with Crippen molar-refractivity contribution in [3.63, 3.8) is 0 Å². The lowest BCUT2D eigenvalue weighted by molar-refractivity contribution is -0.246. The van der Waals surface area contributed by atoms with Crippen LogP contribution >= 0.6 is 0 Å². The molecule has 0 radical (unpaired) electrons. The van der Waals surface area contributed by atoms with Crippen molar-refractivity contribution in [2.24, 2.45) is 0 Å². The van der Waals surface area contributed by atoms with Crippen molar-refractivity contribution >= 4 is 17.5 Å². The molecule has 10 heteroatoms. The number of carboxylic acid groups (broad SMARTS) is 1. The number of aliphatic hydroxyl groups excluding tert-OH is 1. The molecule has 0 unspecified atom stereocenters. The smallest absolute Gasteiger partial charge is 0.311 e. The van der Waals surface area contributed by atoms with Crippen LogP contribution in [-0.2, 0) is 19.9 Å². The van der Waals surface area contributed by atoms with E-state index in [9.17, 15) is 34.8 Å². The predicted molar refractivity (Wildman–Crippen MR) is 104 cm³/mol. The Morgan fingerprint density at radius 2 is 1.81 bits per heavy atom. The zero-order valence-corrected chi connectivity index (χ0v) is 17.1. The molecule has 5 aliphatic rings. The molecule has 0 saturated carbocycles. The van der Waals surface area contributed by atoms with E-state index in [4.69, 9.17) is 14.6 Å². The summed E-state index contributed by atoms with van der Waals surface area (Å²) in [6.45, 7) is 2.96. The third-order valence-electron chi connectivity index (χ3n) is 6.74. The number of carboxylic acids is 1. The fourth-order valence-corrected chi connectivity index (χ4v) is 5.30. The molecule has 1 aromatic rings. The highest BCUT2D eigenvalue weighted by Crippen LogP contribution is 2.59. The number of rotatable bonds is 2.